The molecule has 1 unspecified atom stereocenters. The Morgan fingerprint density at radius 1 is 1.06 bits per heavy atom. The predicted molar refractivity (Wildman–Crippen MR) is 137 cm³/mol. The normalized spacial score (nSPS) is 14.8. The van der Waals surface area contributed by atoms with E-state index in [1.807, 2.05) is 55.4 Å². The lowest BCUT2D eigenvalue weighted by molar-refractivity contribution is -0.385. The van der Waals surface area contributed by atoms with Crippen LogP contribution >= 0.6 is 0 Å². The zero-order chi connectivity index (χ0) is 25.2. The van der Waals surface area contributed by atoms with Crippen molar-refractivity contribution < 1.29 is 13.3 Å². The Balaban J connectivity index is 1.63. The second-order valence-corrected chi connectivity index (χ2v) is 10.8. The maximum atomic E-state index is 13.2. The lowest BCUT2D eigenvalue weighted by Crippen LogP contribution is -2.40. The van der Waals surface area contributed by atoms with Gasteiger partial charge in [-0.15, -0.1) is 0 Å². The summed E-state index contributed by atoms with van der Waals surface area (Å²) in [4.78, 5) is 14.9. The molecular weight excluding hydrogens is 464 g/mol. The number of anilines is 1. The van der Waals surface area contributed by atoms with Gasteiger partial charge in [0.25, 0.3) is 5.69 Å². The molecule has 0 fully saturated rings. The topological polar surface area (TPSA) is 95.8 Å². The van der Waals surface area contributed by atoms with E-state index in [1.165, 1.54) is 23.3 Å². The fourth-order valence-corrected chi connectivity index (χ4v) is 5.79. The molecule has 1 heterocycles. The Hall–Kier alpha value is -3.27. The van der Waals surface area contributed by atoms with Crippen LogP contribution in [0.5, 0.6) is 0 Å². The third-order valence-corrected chi connectivity index (χ3v) is 8.10. The number of nitrogens with zero attached hydrogens (tertiary/aromatic N) is 3. The largest absolute Gasteiger partial charge is 0.378 e. The zero-order valence-corrected chi connectivity index (χ0v) is 21.0. The Morgan fingerprint density at radius 2 is 1.74 bits per heavy atom. The van der Waals surface area contributed by atoms with Crippen molar-refractivity contribution in [1.29, 1.82) is 0 Å². The van der Waals surface area contributed by atoms with Crippen LogP contribution in [0.3, 0.4) is 0 Å². The minimum atomic E-state index is -3.96. The summed E-state index contributed by atoms with van der Waals surface area (Å²) in [6.07, 6.45) is 0.888. The standard InChI is InChI=1S/C26H30N4O4S/c1-19-8-11-24(30(31)32)16-26(19)35(33,34)27-17-25(21-9-12-23(13-10-21)28(2)3)29-15-14-20-6-4-5-7-22(20)18-29/h4-13,16,25,27H,14-15,17-18H2,1-3H3. The summed E-state index contributed by atoms with van der Waals surface area (Å²) in [6, 6.07) is 20.1. The van der Waals surface area contributed by atoms with Gasteiger partial charge < -0.3 is 4.90 Å². The van der Waals surface area contributed by atoms with Crippen LogP contribution in [0.1, 0.15) is 28.3 Å². The van der Waals surface area contributed by atoms with Gasteiger partial charge in [0.2, 0.25) is 10.0 Å². The average Bonchev–Trinajstić information content (AvgIpc) is 2.84. The highest BCUT2D eigenvalue weighted by atomic mass is 32.2. The molecule has 0 aromatic heterocycles. The van der Waals surface area contributed by atoms with Crippen molar-refractivity contribution in [1.82, 2.24) is 9.62 Å². The van der Waals surface area contributed by atoms with Crippen LogP contribution in [0.2, 0.25) is 0 Å². The van der Waals surface area contributed by atoms with E-state index in [4.69, 9.17) is 0 Å². The maximum absolute atomic E-state index is 13.2. The molecule has 1 aliphatic rings. The Bertz CT molecular complexity index is 1320. The van der Waals surface area contributed by atoms with Gasteiger partial charge in [0.05, 0.1) is 9.82 Å². The lowest BCUT2D eigenvalue weighted by atomic mass is 9.96. The van der Waals surface area contributed by atoms with Gasteiger partial charge in [-0.05, 0) is 47.7 Å². The first kappa shape index (κ1) is 24.8. The van der Waals surface area contributed by atoms with Crippen molar-refractivity contribution in [2.45, 2.75) is 30.8 Å². The molecular formula is C26H30N4O4S. The minimum absolute atomic E-state index is 0.0719. The van der Waals surface area contributed by atoms with Crippen LogP contribution < -0.4 is 9.62 Å². The van der Waals surface area contributed by atoms with Crippen molar-refractivity contribution in [3.05, 3.63) is 99.1 Å². The predicted octanol–water partition coefficient (Wildman–Crippen LogP) is 4.05. The van der Waals surface area contributed by atoms with Crippen LogP contribution in [-0.2, 0) is 23.0 Å². The van der Waals surface area contributed by atoms with E-state index in [1.54, 1.807) is 6.92 Å². The highest BCUT2D eigenvalue weighted by molar-refractivity contribution is 7.89. The second kappa shape index (κ2) is 10.2. The van der Waals surface area contributed by atoms with Crippen LogP contribution in [-0.4, -0.2) is 45.4 Å². The Labute approximate surface area is 206 Å². The van der Waals surface area contributed by atoms with Gasteiger partial charge in [0.1, 0.15) is 0 Å². The molecule has 0 saturated heterocycles. The van der Waals surface area contributed by atoms with E-state index < -0.39 is 14.9 Å². The smallest absolute Gasteiger partial charge is 0.270 e. The number of hydrogen-bond donors (Lipinski definition) is 1. The number of hydrogen-bond acceptors (Lipinski definition) is 6. The molecule has 9 heteroatoms. The SMILES string of the molecule is Cc1ccc([N+](=O)[O-])cc1S(=O)(=O)NCC(c1ccc(N(C)C)cc1)N1CCc2ccccc2C1. The number of nitro benzene ring substituents is 1. The van der Waals surface area contributed by atoms with Gasteiger partial charge in [-0.25, -0.2) is 13.1 Å². The van der Waals surface area contributed by atoms with Crippen molar-refractivity contribution in [3.63, 3.8) is 0 Å². The monoisotopic (exact) mass is 494 g/mol. The summed E-state index contributed by atoms with van der Waals surface area (Å²) in [5.74, 6) is 0. The second-order valence-electron chi connectivity index (χ2n) is 9.05. The van der Waals surface area contributed by atoms with Gasteiger partial charge >= 0.3 is 0 Å². The van der Waals surface area contributed by atoms with Crippen molar-refractivity contribution in [2.75, 3.05) is 32.1 Å². The molecule has 0 spiro atoms. The van der Waals surface area contributed by atoms with Crippen LogP contribution in [0, 0.1) is 17.0 Å². The van der Waals surface area contributed by atoms with Gasteiger partial charge in [0, 0.05) is 57.6 Å². The first-order valence-electron chi connectivity index (χ1n) is 11.5. The highest BCUT2D eigenvalue weighted by Crippen LogP contribution is 2.30. The van der Waals surface area contributed by atoms with Crippen molar-refractivity contribution >= 4 is 21.4 Å². The number of nitrogens with one attached hydrogen (secondary N) is 1. The summed E-state index contributed by atoms with van der Waals surface area (Å²) in [7, 11) is -0.00863. The molecule has 0 aliphatic carbocycles. The molecule has 0 radical (unpaired) electrons. The number of rotatable bonds is 8. The zero-order valence-electron chi connectivity index (χ0n) is 20.1. The van der Waals surface area contributed by atoms with Crippen LogP contribution in [0.4, 0.5) is 11.4 Å². The molecule has 35 heavy (non-hydrogen) atoms. The van der Waals surface area contributed by atoms with E-state index in [-0.39, 0.29) is 23.2 Å². The van der Waals surface area contributed by atoms with Crippen molar-refractivity contribution in [3.8, 4) is 0 Å². The fraction of sp³-hybridized carbons (Fsp3) is 0.308. The average molecular weight is 495 g/mol. The van der Waals surface area contributed by atoms with E-state index >= 15 is 0 Å². The number of sulfonamides is 1. The molecule has 1 N–H and O–H groups in total. The lowest BCUT2D eigenvalue weighted by Gasteiger charge is -2.36. The Kier molecular flexibility index (Phi) is 7.20. The first-order chi connectivity index (χ1) is 16.7. The van der Waals surface area contributed by atoms with E-state index in [9.17, 15) is 18.5 Å². The number of aryl methyl sites for hydroxylation is 1. The molecule has 4 rings (SSSR count). The third kappa shape index (κ3) is 5.53. The highest BCUT2D eigenvalue weighted by Gasteiger charge is 2.28. The molecule has 8 nitrogen and oxygen atoms in total. The third-order valence-electron chi connectivity index (χ3n) is 6.53. The number of benzene rings is 3. The van der Waals surface area contributed by atoms with E-state index in [2.05, 4.69) is 21.8 Å². The van der Waals surface area contributed by atoms with Crippen molar-refractivity contribution in [2.24, 2.45) is 0 Å². The van der Waals surface area contributed by atoms with Gasteiger partial charge in [-0.1, -0.05) is 42.5 Å². The molecule has 1 aliphatic heterocycles. The molecule has 3 aromatic rings. The molecule has 1 atom stereocenters. The van der Waals surface area contributed by atoms with E-state index in [0.717, 1.165) is 30.3 Å². The Morgan fingerprint density at radius 3 is 2.40 bits per heavy atom. The van der Waals surface area contributed by atoms with Crippen LogP contribution in [0.15, 0.2) is 71.6 Å². The molecule has 3 aromatic carbocycles. The number of nitro groups is 1. The number of fused-ring (bicyclic) bond motifs is 1. The number of non-ortho nitro benzene ring substituents is 1. The van der Waals surface area contributed by atoms with Gasteiger partial charge in [-0.3, -0.25) is 15.0 Å². The summed E-state index contributed by atoms with van der Waals surface area (Å²) >= 11 is 0. The molecule has 0 bridgehead atoms. The summed E-state index contributed by atoms with van der Waals surface area (Å²) in [6.45, 7) is 3.30. The minimum Gasteiger partial charge on any atom is -0.378 e. The maximum Gasteiger partial charge on any atom is 0.270 e. The summed E-state index contributed by atoms with van der Waals surface area (Å²) in [5.41, 5.74) is 4.84. The molecule has 0 saturated carbocycles. The summed E-state index contributed by atoms with van der Waals surface area (Å²) < 4.78 is 29.2. The van der Waals surface area contributed by atoms with E-state index in [0.29, 0.717) is 12.1 Å². The van der Waals surface area contributed by atoms with Crippen LogP contribution in [0.25, 0.3) is 0 Å². The summed E-state index contributed by atoms with van der Waals surface area (Å²) in [5, 5.41) is 11.2. The fourth-order valence-electron chi connectivity index (χ4n) is 4.49. The quantitative estimate of drug-likeness (QED) is 0.375. The first-order valence-corrected chi connectivity index (χ1v) is 13.0. The van der Waals surface area contributed by atoms with Gasteiger partial charge in [-0.2, -0.15) is 0 Å². The molecule has 0 amide bonds. The van der Waals surface area contributed by atoms with Gasteiger partial charge in [0.15, 0.2) is 0 Å². The molecule has 184 valence electrons.